The average molecular weight is 394 g/mol. The van der Waals surface area contributed by atoms with E-state index in [1.165, 1.54) is 0 Å². The Morgan fingerprint density at radius 2 is 2.00 bits per heavy atom. The molecule has 1 atom stereocenters. The second kappa shape index (κ2) is 8.44. The van der Waals surface area contributed by atoms with Crippen molar-refractivity contribution >= 4 is 21.9 Å². The normalized spacial score (nSPS) is 12.5. The lowest BCUT2D eigenvalue weighted by Gasteiger charge is -2.13. The van der Waals surface area contributed by atoms with Crippen LogP contribution < -0.4 is 5.32 Å². The molecule has 6 heteroatoms. The van der Waals surface area contributed by atoms with Gasteiger partial charge in [-0.15, -0.1) is 0 Å². The molecule has 0 bridgehead atoms. The van der Waals surface area contributed by atoms with Crippen molar-refractivity contribution in [2.24, 2.45) is 0 Å². The molecular formula is C18H24BrN3O2. The van der Waals surface area contributed by atoms with Crippen molar-refractivity contribution in [3.8, 4) is 5.69 Å². The van der Waals surface area contributed by atoms with E-state index in [0.29, 0.717) is 13.0 Å². The molecule has 0 radical (unpaired) electrons. The van der Waals surface area contributed by atoms with Gasteiger partial charge < -0.3 is 10.4 Å². The van der Waals surface area contributed by atoms with Crippen molar-refractivity contribution < 1.29 is 9.90 Å². The molecule has 0 saturated heterocycles. The van der Waals surface area contributed by atoms with Gasteiger partial charge in [0.25, 0.3) is 0 Å². The standard InChI is InChI=1S/C18H24BrN3O2/c1-4-5-16(18(23)24)20-10-13-11-22(21-17(13)12(2)3)15-8-6-14(19)7-9-15/h6-9,11-12,16,20H,4-5,10H2,1-3H3,(H,23,24). The number of hydrogen-bond acceptors (Lipinski definition) is 3. The summed E-state index contributed by atoms with van der Waals surface area (Å²) < 4.78 is 2.88. The van der Waals surface area contributed by atoms with E-state index in [9.17, 15) is 9.90 Å². The third-order valence-corrected chi connectivity index (χ3v) is 4.40. The number of nitrogens with one attached hydrogen (secondary N) is 1. The van der Waals surface area contributed by atoms with Crippen molar-refractivity contribution in [2.45, 2.75) is 52.1 Å². The minimum Gasteiger partial charge on any atom is -0.480 e. The number of rotatable bonds is 8. The zero-order valence-corrected chi connectivity index (χ0v) is 15.9. The number of aliphatic carboxylic acids is 1. The van der Waals surface area contributed by atoms with E-state index in [1.54, 1.807) is 0 Å². The van der Waals surface area contributed by atoms with E-state index in [0.717, 1.165) is 27.8 Å². The molecule has 0 amide bonds. The third-order valence-electron chi connectivity index (χ3n) is 3.87. The number of nitrogens with zero attached hydrogens (tertiary/aromatic N) is 2. The highest BCUT2D eigenvalue weighted by Gasteiger charge is 2.18. The lowest BCUT2D eigenvalue weighted by atomic mass is 10.1. The maximum atomic E-state index is 11.3. The van der Waals surface area contributed by atoms with Gasteiger partial charge in [-0.3, -0.25) is 4.79 Å². The zero-order valence-electron chi connectivity index (χ0n) is 14.3. The highest BCUT2D eigenvalue weighted by atomic mass is 79.9. The third kappa shape index (κ3) is 4.68. The maximum absolute atomic E-state index is 11.3. The smallest absolute Gasteiger partial charge is 0.320 e. The van der Waals surface area contributed by atoms with Crippen LogP contribution in [0.4, 0.5) is 0 Å². The van der Waals surface area contributed by atoms with Gasteiger partial charge in [0.15, 0.2) is 0 Å². The molecule has 24 heavy (non-hydrogen) atoms. The molecule has 2 aromatic rings. The largest absolute Gasteiger partial charge is 0.480 e. The molecular weight excluding hydrogens is 370 g/mol. The lowest BCUT2D eigenvalue weighted by Crippen LogP contribution is -2.36. The van der Waals surface area contributed by atoms with Crippen molar-refractivity contribution in [3.05, 3.63) is 46.2 Å². The predicted octanol–water partition coefficient (Wildman–Crippen LogP) is 4.10. The molecule has 0 fully saturated rings. The van der Waals surface area contributed by atoms with Gasteiger partial charge in [-0.2, -0.15) is 5.10 Å². The van der Waals surface area contributed by atoms with Crippen LogP contribution in [0.15, 0.2) is 34.9 Å². The van der Waals surface area contributed by atoms with Crippen molar-refractivity contribution in [3.63, 3.8) is 0 Å². The fourth-order valence-electron chi connectivity index (χ4n) is 2.61. The van der Waals surface area contributed by atoms with Crippen LogP contribution in [0.25, 0.3) is 5.69 Å². The molecule has 0 aliphatic carbocycles. The molecule has 1 aromatic carbocycles. The van der Waals surface area contributed by atoms with Gasteiger partial charge in [0, 0.05) is 22.8 Å². The van der Waals surface area contributed by atoms with E-state index in [4.69, 9.17) is 5.10 Å². The van der Waals surface area contributed by atoms with E-state index in [1.807, 2.05) is 42.1 Å². The summed E-state index contributed by atoms with van der Waals surface area (Å²) in [4.78, 5) is 11.3. The van der Waals surface area contributed by atoms with E-state index in [-0.39, 0.29) is 5.92 Å². The quantitative estimate of drug-likeness (QED) is 0.708. The van der Waals surface area contributed by atoms with Crippen LogP contribution in [0.5, 0.6) is 0 Å². The molecule has 5 nitrogen and oxygen atoms in total. The van der Waals surface area contributed by atoms with E-state index < -0.39 is 12.0 Å². The molecule has 0 spiro atoms. The highest BCUT2D eigenvalue weighted by Crippen LogP contribution is 2.21. The average Bonchev–Trinajstić information content (AvgIpc) is 2.96. The molecule has 0 saturated carbocycles. The molecule has 1 unspecified atom stereocenters. The van der Waals surface area contributed by atoms with Gasteiger partial charge in [0.1, 0.15) is 6.04 Å². The molecule has 0 aliphatic heterocycles. The fraction of sp³-hybridized carbons (Fsp3) is 0.444. The first-order chi connectivity index (χ1) is 11.4. The van der Waals surface area contributed by atoms with Crippen molar-refractivity contribution in [1.82, 2.24) is 15.1 Å². The SMILES string of the molecule is CCCC(NCc1cn(-c2ccc(Br)cc2)nc1C(C)C)C(=O)O. The number of carboxylic acid groups (broad SMARTS) is 1. The molecule has 1 aromatic heterocycles. The zero-order chi connectivity index (χ0) is 17.7. The lowest BCUT2D eigenvalue weighted by molar-refractivity contribution is -0.139. The molecule has 2 rings (SSSR count). The van der Waals surface area contributed by atoms with Crippen LogP contribution in [-0.4, -0.2) is 26.9 Å². The first-order valence-corrected chi connectivity index (χ1v) is 9.02. The first-order valence-electron chi connectivity index (χ1n) is 8.23. The Balaban J connectivity index is 2.22. The van der Waals surface area contributed by atoms with E-state index in [2.05, 4.69) is 35.1 Å². The second-order valence-electron chi connectivity index (χ2n) is 6.18. The van der Waals surface area contributed by atoms with Crippen LogP contribution in [0.3, 0.4) is 0 Å². The molecule has 0 aliphatic rings. The summed E-state index contributed by atoms with van der Waals surface area (Å²) in [7, 11) is 0. The maximum Gasteiger partial charge on any atom is 0.320 e. The minimum absolute atomic E-state index is 0.271. The Morgan fingerprint density at radius 3 is 2.54 bits per heavy atom. The number of aromatic nitrogens is 2. The summed E-state index contributed by atoms with van der Waals surface area (Å²) in [6, 6.07) is 7.42. The summed E-state index contributed by atoms with van der Waals surface area (Å²) >= 11 is 3.43. The highest BCUT2D eigenvalue weighted by molar-refractivity contribution is 9.10. The van der Waals surface area contributed by atoms with Gasteiger partial charge in [-0.1, -0.05) is 43.1 Å². The minimum atomic E-state index is -0.803. The summed E-state index contributed by atoms with van der Waals surface area (Å²) in [5.74, 6) is -0.531. The second-order valence-corrected chi connectivity index (χ2v) is 7.09. The van der Waals surface area contributed by atoms with Gasteiger partial charge >= 0.3 is 5.97 Å². The predicted molar refractivity (Wildman–Crippen MR) is 98.5 cm³/mol. The summed E-state index contributed by atoms with van der Waals surface area (Å²) in [5, 5.41) is 17.1. The van der Waals surface area contributed by atoms with Crippen LogP contribution in [0, 0.1) is 0 Å². The van der Waals surface area contributed by atoms with E-state index >= 15 is 0 Å². The number of benzene rings is 1. The van der Waals surface area contributed by atoms with Gasteiger partial charge in [-0.05, 0) is 36.6 Å². The monoisotopic (exact) mass is 393 g/mol. The number of carbonyl (C=O) groups is 1. The number of hydrogen-bond donors (Lipinski definition) is 2. The van der Waals surface area contributed by atoms with Crippen molar-refractivity contribution in [1.29, 1.82) is 0 Å². The topological polar surface area (TPSA) is 67.2 Å². The summed E-state index contributed by atoms with van der Waals surface area (Å²) in [5.41, 5.74) is 3.01. The molecule has 130 valence electrons. The van der Waals surface area contributed by atoms with Gasteiger partial charge in [0.05, 0.1) is 11.4 Å². The Morgan fingerprint density at radius 1 is 1.33 bits per heavy atom. The Labute approximate surface area is 151 Å². The van der Waals surface area contributed by atoms with Crippen molar-refractivity contribution in [2.75, 3.05) is 0 Å². The Kier molecular flexibility index (Phi) is 6.57. The van der Waals surface area contributed by atoms with Crippen LogP contribution in [-0.2, 0) is 11.3 Å². The fourth-order valence-corrected chi connectivity index (χ4v) is 2.87. The summed E-state index contributed by atoms with van der Waals surface area (Å²) in [6.07, 6.45) is 3.43. The Hall–Kier alpha value is -1.66. The number of halogens is 1. The summed E-state index contributed by atoms with van der Waals surface area (Å²) in [6.45, 7) is 6.68. The van der Waals surface area contributed by atoms with Crippen LogP contribution in [0.1, 0.15) is 50.8 Å². The molecule has 1 heterocycles. The Bertz CT molecular complexity index is 680. The van der Waals surface area contributed by atoms with Gasteiger partial charge in [0.2, 0.25) is 0 Å². The first kappa shape index (κ1) is 18.7. The number of carboxylic acids is 1. The van der Waals surface area contributed by atoms with Gasteiger partial charge in [-0.25, -0.2) is 4.68 Å². The van der Waals surface area contributed by atoms with Crippen LogP contribution in [0.2, 0.25) is 0 Å². The molecule has 2 N–H and O–H groups in total. The van der Waals surface area contributed by atoms with Crippen LogP contribution >= 0.6 is 15.9 Å².